The van der Waals surface area contributed by atoms with Crippen LogP contribution in [0.2, 0.25) is 0 Å². The number of carbonyl (C=O) groups is 1. The summed E-state index contributed by atoms with van der Waals surface area (Å²) in [4.78, 5) is 11.7. The maximum Gasteiger partial charge on any atom is 0.239 e. The molecular weight excluding hydrogens is 290 g/mol. The monoisotopic (exact) mass is 306 g/mol. The summed E-state index contributed by atoms with van der Waals surface area (Å²) < 4.78 is 31.0. The summed E-state index contributed by atoms with van der Waals surface area (Å²) in [5.41, 5.74) is 1.14. The van der Waals surface area contributed by atoms with Crippen molar-refractivity contribution >= 4 is 11.6 Å². The van der Waals surface area contributed by atoms with Gasteiger partial charge >= 0.3 is 0 Å². The van der Waals surface area contributed by atoms with E-state index in [1.807, 2.05) is 12.1 Å². The van der Waals surface area contributed by atoms with Crippen molar-refractivity contribution in [3.8, 4) is 5.75 Å². The van der Waals surface area contributed by atoms with E-state index in [1.165, 1.54) is 0 Å². The fraction of sp³-hybridized carbons (Fsp3) is 0.188. The van der Waals surface area contributed by atoms with E-state index in [2.05, 4.69) is 10.6 Å². The lowest BCUT2D eigenvalue weighted by Crippen LogP contribution is -2.29. The van der Waals surface area contributed by atoms with Crippen molar-refractivity contribution in [2.75, 3.05) is 19.0 Å². The van der Waals surface area contributed by atoms with E-state index in [4.69, 9.17) is 4.74 Å². The minimum absolute atomic E-state index is 0.0704. The molecule has 1 amide bonds. The Balaban J connectivity index is 1.80. The lowest BCUT2D eigenvalue weighted by Gasteiger charge is -2.08. The van der Waals surface area contributed by atoms with Crippen molar-refractivity contribution in [1.29, 1.82) is 0 Å². The smallest absolute Gasteiger partial charge is 0.239 e. The molecule has 0 aromatic heterocycles. The molecule has 0 bridgehead atoms. The van der Waals surface area contributed by atoms with Crippen LogP contribution in [0, 0.1) is 11.6 Å². The lowest BCUT2D eigenvalue weighted by molar-refractivity contribution is -0.119. The van der Waals surface area contributed by atoms with Crippen molar-refractivity contribution in [2.24, 2.45) is 0 Å². The first-order valence-electron chi connectivity index (χ1n) is 6.66. The first kappa shape index (κ1) is 15.8. The Bertz CT molecular complexity index is 625. The van der Waals surface area contributed by atoms with Gasteiger partial charge in [0.15, 0.2) is 0 Å². The van der Waals surface area contributed by atoms with E-state index in [9.17, 15) is 13.6 Å². The van der Waals surface area contributed by atoms with Crippen LogP contribution in [-0.2, 0) is 11.3 Å². The van der Waals surface area contributed by atoms with E-state index in [0.29, 0.717) is 6.54 Å². The van der Waals surface area contributed by atoms with Gasteiger partial charge in [-0.25, -0.2) is 8.78 Å². The Morgan fingerprint density at radius 3 is 2.32 bits per heavy atom. The molecule has 2 rings (SSSR count). The molecule has 0 aliphatic carbocycles. The largest absolute Gasteiger partial charge is 0.497 e. The van der Waals surface area contributed by atoms with E-state index in [1.54, 1.807) is 19.2 Å². The molecule has 2 N–H and O–H groups in total. The molecule has 6 heteroatoms. The Kier molecular flexibility index (Phi) is 5.30. The predicted octanol–water partition coefficient (Wildman–Crippen LogP) is 2.70. The number of amides is 1. The van der Waals surface area contributed by atoms with Crippen molar-refractivity contribution in [3.05, 3.63) is 59.7 Å². The van der Waals surface area contributed by atoms with Crippen molar-refractivity contribution < 1.29 is 18.3 Å². The first-order valence-corrected chi connectivity index (χ1v) is 6.66. The number of methoxy groups -OCH3 is 1. The topological polar surface area (TPSA) is 50.4 Å². The third kappa shape index (κ3) is 4.73. The van der Waals surface area contributed by atoms with Gasteiger partial charge in [0.25, 0.3) is 0 Å². The third-order valence-corrected chi connectivity index (χ3v) is 2.96. The summed E-state index contributed by atoms with van der Waals surface area (Å²) in [7, 11) is 1.58. The quantitative estimate of drug-likeness (QED) is 0.863. The number of rotatable bonds is 6. The van der Waals surface area contributed by atoms with Gasteiger partial charge in [0.2, 0.25) is 5.91 Å². The molecule has 0 aliphatic heterocycles. The van der Waals surface area contributed by atoms with E-state index in [0.717, 1.165) is 29.5 Å². The van der Waals surface area contributed by atoms with Crippen LogP contribution in [0.15, 0.2) is 42.5 Å². The minimum Gasteiger partial charge on any atom is -0.497 e. The molecule has 2 aromatic rings. The highest BCUT2D eigenvalue weighted by atomic mass is 19.1. The Labute approximate surface area is 127 Å². The molecule has 0 saturated heterocycles. The zero-order chi connectivity index (χ0) is 15.9. The van der Waals surface area contributed by atoms with Gasteiger partial charge in [-0.1, -0.05) is 12.1 Å². The zero-order valence-electron chi connectivity index (χ0n) is 12.0. The van der Waals surface area contributed by atoms with Crippen LogP contribution < -0.4 is 15.4 Å². The summed E-state index contributed by atoms with van der Waals surface area (Å²) >= 11 is 0. The maximum atomic E-state index is 13.0. The second kappa shape index (κ2) is 7.40. The van der Waals surface area contributed by atoms with Crippen LogP contribution in [0.1, 0.15) is 5.56 Å². The van der Waals surface area contributed by atoms with Gasteiger partial charge in [-0.15, -0.1) is 0 Å². The van der Waals surface area contributed by atoms with E-state index >= 15 is 0 Å². The molecule has 0 radical (unpaired) electrons. The maximum absolute atomic E-state index is 13.0. The Morgan fingerprint density at radius 1 is 1.09 bits per heavy atom. The number of halogens is 2. The summed E-state index contributed by atoms with van der Waals surface area (Å²) in [5.74, 6) is -0.923. The van der Waals surface area contributed by atoms with Gasteiger partial charge in [-0.2, -0.15) is 0 Å². The van der Waals surface area contributed by atoms with Crippen LogP contribution in [0.4, 0.5) is 14.5 Å². The molecule has 0 atom stereocenters. The lowest BCUT2D eigenvalue weighted by atomic mass is 10.2. The number of carbonyl (C=O) groups excluding carboxylic acids is 1. The van der Waals surface area contributed by atoms with Crippen LogP contribution in [0.3, 0.4) is 0 Å². The Hall–Kier alpha value is -2.63. The van der Waals surface area contributed by atoms with Gasteiger partial charge in [0, 0.05) is 18.3 Å². The average Bonchev–Trinajstić information content (AvgIpc) is 2.50. The average molecular weight is 306 g/mol. The molecule has 0 heterocycles. The summed E-state index contributed by atoms with van der Waals surface area (Å²) in [5, 5.41) is 5.37. The van der Waals surface area contributed by atoms with Gasteiger partial charge in [-0.3, -0.25) is 4.79 Å². The molecule has 2 aromatic carbocycles. The molecule has 0 spiro atoms. The van der Waals surface area contributed by atoms with Gasteiger partial charge in [-0.05, 0) is 29.8 Å². The second-order valence-corrected chi connectivity index (χ2v) is 4.64. The van der Waals surface area contributed by atoms with Crippen LogP contribution in [0.25, 0.3) is 0 Å². The van der Waals surface area contributed by atoms with Gasteiger partial charge in [0.1, 0.15) is 17.4 Å². The first-order chi connectivity index (χ1) is 10.6. The fourth-order valence-corrected chi connectivity index (χ4v) is 1.84. The van der Waals surface area contributed by atoms with Crippen LogP contribution in [0.5, 0.6) is 5.75 Å². The molecule has 0 unspecified atom stereocenters. The number of ether oxygens (including phenoxy) is 1. The number of anilines is 1. The summed E-state index contributed by atoms with van der Waals surface area (Å²) in [6, 6.07) is 10.3. The summed E-state index contributed by atoms with van der Waals surface area (Å²) in [6.07, 6.45) is 0. The third-order valence-electron chi connectivity index (χ3n) is 2.96. The standard InChI is InChI=1S/C16H16F2N2O2/c1-22-15-4-2-11(3-5-15)9-20-16(21)10-19-14-7-12(17)6-13(18)8-14/h2-8,19H,9-10H2,1H3,(H,20,21). The van der Waals surface area contributed by atoms with Crippen molar-refractivity contribution in [2.45, 2.75) is 6.54 Å². The van der Waals surface area contributed by atoms with E-state index in [-0.39, 0.29) is 18.1 Å². The molecule has 116 valence electrons. The number of hydrogen-bond donors (Lipinski definition) is 2. The van der Waals surface area contributed by atoms with Gasteiger partial charge in [0.05, 0.1) is 13.7 Å². The predicted molar refractivity (Wildman–Crippen MR) is 79.7 cm³/mol. The van der Waals surface area contributed by atoms with Crippen LogP contribution >= 0.6 is 0 Å². The minimum atomic E-state index is -0.693. The second-order valence-electron chi connectivity index (χ2n) is 4.64. The zero-order valence-corrected chi connectivity index (χ0v) is 12.0. The number of nitrogens with one attached hydrogen (secondary N) is 2. The van der Waals surface area contributed by atoms with Crippen LogP contribution in [-0.4, -0.2) is 19.6 Å². The highest BCUT2D eigenvalue weighted by Gasteiger charge is 2.04. The molecule has 0 saturated carbocycles. The molecule has 4 nitrogen and oxygen atoms in total. The van der Waals surface area contributed by atoms with Crippen molar-refractivity contribution in [3.63, 3.8) is 0 Å². The number of hydrogen-bond acceptors (Lipinski definition) is 3. The van der Waals surface area contributed by atoms with Crippen molar-refractivity contribution in [1.82, 2.24) is 5.32 Å². The Morgan fingerprint density at radius 2 is 1.73 bits per heavy atom. The van der Waals surface area contributed by atoms with Gasteiger partial charge < -0.3 is 15.4 Å². The normalized spacial score (nSPS) is 10.1. The molecular formula is C16H16F2N2O2. The highest BCUT2D eigenvalue weighted by Crippen LogP contribution is 2.12. The molecule has 0 fully saturated rings. The highest BCUT2D eigenvalue weighted by molar-refractivity contribution is 5.80. The summed E-state index contributed by atoms with van der Waals surface area (Å²) in [6.45, 7) is 0.293. The fourth-order valence-electron chi connectivity index (χ4n) is 1.84. The van der Waals surface area contributed by atoms with E-state index < -0.39 is 11.6 Å². The molecule has 0 aliphatic rings. The molecule has 22 heavy (non-hydrogen) atoms. The SMILES string of the molecule is COc1ccc(CNC(=O)CNc2cc(F)cc(F)c2)cc1. The number of benzene rings is 2.